The first-order valence-electron chi connectivity index (χ1n) is 10.8. The molecule has 0 bridgehead atoms. The van der Waals surface area contributed by atoms with E-state index in [9.17, 15) is 18.8 Å². The molecule has 1 saturated heterocycles. The summed E-state index contributed by atoms with van der Waals surface area (Å²) >= 11 is 0. The SMILES string of the molecule is Cc1cccc(C)c1-n1c(C)cc(/C=C2/NC(=O)N(CC(=O)Nc3ccccc3F)C2=O)c1C. The van der Waals surface area contributed by atoms with Gasteiger partial charge in [0.25, 0.3) is 5.91 Å². The van der Waals surface area contributed by atoms with E-state index in [1.165, 1.54) is 18.2 Å². The average molecular weight is 461 g/mol. The van der Waals surface area contributed by atoms with Gasteiger partial charge in [0.05, 0.1) is 11.4 Å². The number of benzene rings is 2. The summed E-state index contributed by atoms with van der Waals surface area (Å²) in [5.41, 5.74) is 6.06. The molecule has 1 aliphatic heterocycles. The maximum absolute atomic E-state index is 13.8. The molecular weight excluding hydrogens is 435 g/mol. The molecule has 2 aromatic carbocycles. The van der Waals surface area contributed by atoms with Crippen molar-refractivity contribution in [2.24, 2.45) is 0 Å². The number of carbonyl (C=O) groups is 3. The molecule has 0 unspecified atom stereocenters. The van der Waals surface area contributed by atoms with E-state index in [0.717, 1.165) is 38.7 Å². The molecule has 4 rings (SSSR count). The van der Waals surface area contributed by atoms with Gasteiger partial charge in [-0.15, -0.1) is 0 Å². The lowest BCUT2D eigenvalue weighted by Crippen LogP contribution is -2.38. The fourth-order valence-electron chi connectivity index (χ4n) is 4.20. The Morgan fingerprint density at radius 3 is 2.38 bits per heavy atom. The molecule has 0 saturated carbocycles. The molecule has 8 heteroatoms. The number of hydrogen-bond donors (Lipinski definition) is 2. The average Bonchev–Trinajstić information content (AvgIpc) is 3.20. The minimum absolute atomic E-state index is 0.0192. The van der Waals surface area contributed by atoms with Crippen molar-refractivity contribution >= 4 is 29.6 Å². The third kappa shape index (κ3) is 4.22. The molecule has 0 radical (unpaired) electrons. The van der Waals surface area contributed by atoms with Crippen molar-refractivity contribution in [1.29, 1.82) is 0 Å². The predicted molar refractivity (Wildman–Crippen MR) is 128 cm³/mol. The van der Waals surface area contributed by atoms with Gasteiger partial charge >= 0.3 is 6.03 Å². The summed E-state index contributed by atoms with van der Waals surface area (Å²) < 4.78 is 15.9. The van der Waals surface area contributed by atoms with Crippen molar-refractivity contribution in [3.05, 3.63) is 88.1 Å². The molecule has 1 fully saturated rings. The van der Waals surface area contributed by atoms with Crippen molar-refractivity contribution < 1.29 is 18.8 Å². The number of hydrogen-bond acceptors (Lipinski definition) is 3. The number of urea groups is 1. The van der Waals surface area contributed by atoms with Crippen LogP contribution in [0.4, 0.5) is 14.9 Å². The van der Waals surface area contributed by atoms with Gasteiger partial charge < -0.3 is 15.2 Å². The summed E-state index contributed by atoms with van der Waals surface area (Å²) in [5.74, 6) is -1.90. The summed E-state index contributed by atoms with van der Waals surface area (Å²) in [4.78, 5) is 38.4. The fourth-order valence-corrected chi connectivity index (χ4v) is 4.20. The highest BCUT2D eigenvalue weighted by Crippen LogP contribution is 2.27. The van der Waals surface area contributed by atoms with Crippen LogP contribution < -0.4 is 10.6 Å². The second-order valence-electron chi connectivity index (χ2n) is 8.31. The zero-order valence-electron chi connectivity index (χ0n) is 19.4. The highest BCUT2D eigenvalue weighted by atomic mass is 19.1. The molecule has 1 aliphatic rings. The van der Waals surface area contributed by atoms with Crippen molar-refractivity contribution in [3.8, 4) is 5.69 Å². The number of halogens is 1. The highest BCUT2D eigenvalue weighted by molar-refractivity contribution is 6.16. The van der Waals surface area contributed by atoms with E-state index in [-0.39, 0.29) is 11.4 Å². The maximum atomic E-state index is 13.8. The van der Waals surface area contributed by atoms with Crippen molar-refractivity contribution in [3.63, 3.8) is 0 Å². The third-order valence-electron chi connectivity index (χ3n) is 5.85. The summed E-state index contributed by atoms with van der Waals surface area (Å²) in [7, 11) is 0. The number of carbonyl (C=O) groups excluding carboxylic acids is 3. The third-order valence-corrected chi connectivity index (χ3v) is 5.85. The molecule has 2 heterocycles. The number of amides is 4. The van der Waals surface area contributed by atoms with Crippen LogP contribution in [-0.2, 0) is 9.59 Å². The molecule has 0 aliphatic carbocycles. The zero-order valence-corrected chi connectivity index (χ0v) is 19.4. The monoisotopic (exact) mass is 460 g/mol. The molecule has 2 N–H and O–H groups in total. The quantitative estimate of drug-likeness (QED) is 0.438. The van der Waals surface area contributed by atoms with Gasteiger partial charge in [0.15, 0.2) is 0 Å². The summed E-state index contributed by atoms with van der Waals surface area (Å²) in [5, 5.41) is 4.92. The van der Waals surface area contributed by atoms with E-state index in [4.69, 9.17) is 0 Å². The van der Waals surface area contributed by atoms with Gasteiger partial charge in [-0.1, -0.05) is 30.3 Å². The topological polar surface area (TPSA) is 83.4 Å². The Morgan fingerprint density at radius 2 is 1.71 bits per heavy atom. The molecular formula is C26H25FN4O3. The predicted octanol–water partition coefficient (Wildman–Crippen LogP) is 4.38. The molecule has 34 heavy (non-hydrogen) atoms. The van der Waals surface area contributed by atoms with E-state index in [1.807, 2.05) is 52.0 Å². The van der Waals surface area contributed by atoms with Crippen LogP contribution in [0.15, 0.2) is 54.2 Å². The number of nitrogens with one attached hydrogen (secondary N) is 2. The van der Waals surface area contributed by atoms with Gasteiger partial charge in [-0.2, -0.15) is 0 Å². The Labute approximate surface area is 196 Å². The molecule has 3 aromatic rings. The first-order chi connectivity index (χ1) is 16.2. The Balaban J connectivity index is 1.57. The molecule has 0 spiro atoms. The van der Waals surface area contributed by atoms with Crippen LogP contribution in [0.1, 0.15) is 28.1 Å². The van der Waals surface area contributed by atoms with E-state index < -0.39 is 30.2 Å². The normalized spacial score (nSPS) is 14.6. The largest absolute Gasteiger partial charge is 0.329 e. The lowest BCUT2D eigenvalue weighted by Gasteiger charge is -2.15. The lowest BCUT2D eigenvalue weighted by molar-refractivity contribution is -0.127. The van der Waals surface area contributed by atoms with Gasteiger partial charge in [0.1, 0.15) is 18.1 Å². The van der Waals surface area contributed by atoms with E-state index in [2.05, 4.69) is 15.2 Å². The molecule has 7 nitrogen and oxygen atoms in total. The number of nitrogens with zero attached hydrogens (tertiary/aromatic N) is 2. The van der Waals surface area contributed by atoms with Gasteiger partial charge in [-0.3, -0.25) is 9.59 Å². The van der Waals surface area contributed by atoms with E-state index in [0.29, 0.717) is 0 Å². The van der Waals surface area contributed by atoms with Crippen molar-refractivity contribution in [2.45, 2.75) is 27.7 Å². The van der Waals surface area contributed by atoms with Crippen LogP contribution in [-0.4, -0.2) is 33.9 Å². The minimum atomic E-state index is -0.705. The number of aryl methyl sites for hydroxylation is 3. The molecule has 1 aromatic heterocycles. The Kier molecular flexibility index (Phi) is 6.06. The van der Waals surface area contributed by atoms with Gasteiger partial charge in [-0.05, 0) is 68.7 Å². The van der Waals surface area contributed by atoms with Crippen molar-refractivity contribution in [1.82, 2.24) is 14.8 Å². The summed E-state index contributed by atoms with van der Waals surface area (Å²) in [6.07, 6.45) is 1.61. The van der Waals surface area contributed by atoms with Crippen molar-refractivity contribution in [2.75, 3.05) is 11.9 Å². The molecule has 174 valence electrons. The Morgan fingerprint density at radius 1 is 1.03 bits per heavy atom. The summed E-state index contributed by atoms with van der Waals surface area (Å²) in [6.45, 7) is 7.49. The van der Waals surface area contributed by atoms with Crippen LogP contribution >= 0.6 is 0 Å². The van der Waals surface area contributed by atoms with E-state index >= 15 is 0 Å². The highest BCUT2D eigenvalue weighted by Gasteiger charge is 2.35. The molecule has 4 amide bonds. The number of aromatic nitrogens is 1. The summed E-state index contributed by atoms with van der Waals surface area (Å²) in [6, 6.07) is 13.0. The number of para-hydroxylation sites is 2. The first-order valence-corrected chi connectivity index (χ1v) is 10.8. The Hall–Kier alpha value is -4.20. The number of anilines is 1. The van der Waals surface area contributed by atoms with Crippen LogP contribution in [0.5, 0.6) is 0 Å². The van der Waals surface area contributed by atoms with E-state index in [1.54, 1.807) is 12.1 Å². The smallest absolute Gasteiger partial charge is 0.322 e. The van der Waals surface area contributed by atoms with Gasteiger partial charge in [0.2, 0.25) is 5.91 Å². The minimum Gasteiger partial charge on any atom is -0.322 e. The van der Waals surface area contributed by atoms with Crippen LogP contribution in [0.2, 0.25) is 0 Å². The number of rotatable bonds is 5. The van der Waals surface area contributed by atoms with Crippen LogP contribution in [0.25, 0.3) is 11.8 Å². The fraction of sp³-hybridized carbons (Fsp3) is 0.192. The Bertz CT molecular complexity index is 1340. The van der Waals surface area contributed by atoms with Crippen LogP contribution in [0, 0.1) is 33.5 Å². The maximum Gasteiger partial charge on any atom is 0.329 e. The second kappa shape index (κ2) is 8.97. The van der Waals surface area contributed by atoms with Gasteiger partial charge in [0, 0.05) is 11.4 Å². The molecule has 0 atom stereocenters. The second-order valence-corrected chi connectivity index (χ2v) is 8.31. The van der Waals surface area contributed by atoms with Gasteiger partial charge in [-0.25, -0.2) is 14.1 Å². The lowest BCUT2D eigenvalue weighted by atomic mass is 10.1. The van der Waals surface area contributed by atoms with Crippen LogP contribution in [0.3, 0.4) is 0 Å². The first kappa shape index (κ1) is 23.0. The standard InChI is InChI=1S/C26H25FN4O3/c1-15-8-7-9-16(2)24(15)31-17(3)12-19(18(31)4)13-22-25(33)30(26(34)29-22)14-23(32)28-21-11-6-5-10-20(21)27/h5-13H,14H2,1-4H3,(H,28,32)(H,29,34)/b22-13+. The number of imide groups is 1. The zero-order chi connectivity index (χ0) is 24.6.